The molecular weight excluding hydrogens is 372 g/mol. The molecule has 1 aromatic carbocycles. The molecule has 3 atom stereocenters. The van der Waals surface area contributed by atoms with Crippen molar-refractivity contribution in [2.24, 2.45) is 5.92 Å². The molecule has 1 N–H and O–H groups in total. The number of aldehydes is 1. The van der Waals surface area contributed by atoms with Crippen molar-refractivity contribution >= 4 is 29.7 Å². The number of rotatable bonds is 7. The molecule has 150 valence electrons. The lowest BCUT2D eigenvalue weighted by Gasteiger charge is -2.26. The molecule has 1 unspecified atom stereocenters. The van der Waals surface area contributed by atoms with Crippen molar-refractivity contribution in [1.29, 1.82) is 0 Å². The minimum Gasteiger partial charge on any atom is -0.333 e. The largest absolute Gasteiger partial charge is 0.333 e. The Morgan fingerprint density at radius 3 is 2.68 bits per heavy atom. The van der Waals surface area contributed by atoms with Gasteiger partial charge in [0.1, 0.15) is 6.29 Å². The van der Waals surface area contributed by atoms with Crippen molar-refractivity contribution in [3.05, 3.63) is 35.4 Å². The van der Waals surface area contributed by atoms with Crippen molar-refractivity contribution in [2.45, 2.75) is 62.3 Å². The van der Waals surface area contributed by atoms with Crippen LogP contribution in [0.1, 0.15) is 43.2 Å². The minimum atomic E-state index is -0.418. The van der Waals surface area contributed by atoms with Crippen LogP contribution in [-0.2, 0) is 27.2 Å². The molecule has 0 spiro atoms. The van der Waals surface area contributed by atoms with Gasteiger partial charge in [0.2, 0.25) is 5.91 Å². The normalized spacial score (nSPS) is 27.1. The van der Waals surface area contributed by atoms with Gasteiger partial charge in [-0.2, -0.15) is 0 Å². The highest BCUT2D eigenvalue weighted by Crippen LogP contribution is 2.31. The fourth-order valence-corrected chi connectivity index (χ4v) is 6.07. The Morgan fingerprint density at radius 1 is 1.21 bits per heavy atom. The SMILES string of the molecule is O=C[C@H]1NCSC1C(=O)[C@@H]1CCCN1C(=O)CCCC1Cc2ccccc2C1. The van der Waals surface area contributed by atoms with Crippen LogP contribution in [0.5, 0.6) is 0 Å². The zero-order valence-electron chi connectivity index (χ0n) is 16.1. The molecule has 3 aliphatic rings. The van der Waals surface area contributed by atoms with E-state index in [1.807, 2.05) is 0 Å². The second-order valence-corrected chi connectivity index (χ2v) is 9.31. The summed E-state index contributed by atoms with van der Waals surface area (Å²) < 4.78 is 0. The summed E-state index contributed by atoms with van der Waals surface area (Å²) in [5.74, 6) is 1.40. The number of likely N-dealkylation sites (tertiary alicyclic amines) is 1. The number of carbonyl (C=O) groups excluding carboxylic acids is 3. The van der Waals surface area contributed by atoms with Crippen molar-refractivity contribution in [3.8, 4) is 0 Å². The monoisotopic (exact) mass is 400 g/mol. The van der Waals surface area contributed by atoms with Gasteiger partial charge in [-0.05, 0) is 55.6 Å². The Labute approximate surface area is 170 Å². The van der Waals surface area contributed by atoms with Crippen molar-refractivity contribution in [1.82, 2.24) is 10.2 Å². The maximum absolute atomic E-state index is 12.9. The summed E-state index contributed by atoms with van der Waals surface area (Å²) in [6.45, 7) is 0.667. The first-order chi connectivity index (χ1) is 13.7. The van der Waals surface area contributed by atoms with E-state index in [9.17, 15) is 14.4 Å². The van der Waals surface area contributed by atoms with Crippen LogP contribution >= 0.6 is 11.8 Å². The van der Waals surface area contributed by atoms with E-state index < -0.39 is 6.04 Å². The summed E-state index contributed by atoms with van der Waals surface area (Å²) >= 11 is 1.48. The van der Waals surface area contributed by atoms with E-state index in [1.54, 1.807) is 4.90 Å². The van der Waals surface area contributed by atoms with Crippen LogP contribution in [0.25, 0.3) is 0 Å². The Bertz CT molecular complexity index is 728. The van der Waals surface area contributed by atoms with Crippen LogP contribution in [0.15, 0.2) is 24.3 Å². The van der Waals surface area contributed by atoms with Crippen LogP contribution in [-0.4, -0.2) is 52.6 Å². The third-order valence-corrected chi connectivity index (χ3v) is 7.59. The maximum atomic E-state index is 12.9. The van der Waals surface area contributed by atoms with Gasteiger partial charge in [0.15, 0.2) is 5.78 Å². The highest BCUT2D eigenvalue weighted by atomic mass is 32.2. The van der Waals surface area contributed by atoms with Crippen molar-refractivity contribution in [2.75, 3.05) is 12.4 Å². The molecule has 2 heterocycles. The predicted octanol–water partition coefficient (Wildman–Crippen LogP) is 2.36. The van der Waals surface area contributed by atoms with Gasteiger partial charge in [0.25, 0.3) is 0 Å². The standard InChI is InChI=1S/C22H28N2O3S/c25-13-18-22(28-14-23-18)21(27)19-8-4-10-24(19)20(26)9-3-5-15-11-16-6-1-2-7-17(16)12-15/h1-2,6-7,13,15,18-19,22-23H,3-5,8-12,14H2/t18-,19+,22?/m1/s1. The highest BCUT2D eigenvalue weighted by Gasteiger charge is 2.42. The molecule has 2 aliphatic heterocycles. The highest BCUT2D eigenvalue weighted by molar-refractivity contribution is 8.00. The molecule has 0 aromatic heterocycles. The number of Topliss-reactive ketones (excluding diaryl/α,β-unsaturated/α-hetero) is 1. The first-order valence-electron chi connectivity index (χ1n) is 10.4. The van der Waals surface area contributed by atoms with E-state index >= 15 is 0 Å². The molecular formula is C22H28N2O3S. The van der Waals surface area contributed by atoms with Crippen molar-refractivity contribution in [3.63, 3.8) is 0 Å². The lowest BCUT2D eigenvalue weighted by molar-refractivity contribution is -0.137. The lowest BCUT2D eigenvalue weighted by Crippen LogP contribution is -2.47. The third kappa shape index (κ3) is 4.03. The van der Waals surface area contributed by atoms with Crippen molar-refractivity contribution < 1.29 is 14.4 Å². The zero-order chi connectivity index (χ0) is 19.5. The molecule has 1 aliphatic carbocycles. The molecule has 0 radical (unpaired) electrons. The third-order valence-electron chi connectivity index (χ3n) is 6.38. The Hall–Kier alpha value is -1.66. The quantitative estimate of drug-likeness (QED) is 0.712. The van der Waals surface area contributed by atoms with Gasteiger partial charge in [0, 0.05) is 18.8 Å². The summed E-state index contributed by atoms with van der Waals surface area (Å²) in [7, 11) is 0. The number of fused-ring (bicyclic) bond motifs is 1. The zero-order valence-corrected chi connectivity index (χ0v) is 17.0. The average Bonchev–Trinajstić information content (AvgIpc) is 3.45. The number of thioether (sulfide) groups is 1. The molecule has 6 heteroatoms. The van der Waals surface area contributed by atoms with Gasteiger partial charge in [0.05, 0.1) is 17.3 Å². The average molecular weight is 401 g/mol. The number of amides is 1. The van der Waals surface area contributed by atoms with Gasteiger partial charge in [-0.1, -0.05) is 24.3 Å². The van der Waals surface area contributed by atoms with E-state index in [-0.39, 0.29) is 23.0 Å². The summed E-state index contributed by atoms with van der Waals surface area (Å²) in [6.07, 6.45) is 7.12. The first kappa shape index (κ1) is 19.6. The topological polar surface area (TPSA) is 66.5 Å². The molecule has 28 heavy (non-hydrogen) atoms. The number of hydrogen-bond donors (Lipinski definition) is 1. The Morgan fingerprint density at radius 2 is 1.96 bits per heavy atom. The summed E-state index contributed by atoms with van der Waals surface area (Å²) in [5.41, 5.74) is 2.91. The van der Waals surface area contributed by atoms with Crippen LogP contribution in [0, 0.1) is 5.92 Å². The van der Waals surface area contributed by atoms with E-state index in [0.29, 0.717) is 24.8 Å². The molecule has 2 fully saturated rings. The van der Waals surface area contributed by atoms with Gasteiger partial charge in [-0.25, -0.2) is 0 Å². The van der Waals surface area contributed by atoms with Crippen LogP contribution in [0.4, 0.5) is 0 Å². The smallest absolute Gasteiger partial charge is 0.223 e. The number of benzene rings is 1. The fourth-order valence-electron chi connectivity index (χ4n) is 4.91. The second-order valence-electron chi connectivity index (χ2n) is 8.18. The Kier molecular flexibility index (Phi) is 6.16. The van der Waals surface area contributed by atoms with Gasteiger partial charge in [-0.15, -0.1) is 11.8 Å². The molecule has 1 amide bonds. The molecule has 1 aromatic rings. The van der Waals surface area contributed by atoms with E-state index in [4.69, 9.17) is 0 Å². The first-order valence-corrected chi connectivity index (χ1v) is 11.4. The van der Waals surface area contributed by atoms with Crippen LogP contribution in [0.2, 0.25) is 0 Å². The Balaban J connectivity index is 1.27. The number of carbonyl (C=O) groups is 3. The van der Waals surface area contributed by atoms with Gasteiger partial charge >= 0.3 is 0 Å². The molecule has 4 rings (SSSR count). The summed E-state index contributed by atoms with van der Waals surface area (Å²) in [5, 5.41) is 2.69. The number of nitrogens with zero attached hydrogens (tertiary/aromatic N) is 1. The molecule has 0 saturated carbocycles. The number of ketones is 1. The predicted molar refractivity (Wildman–Crippen MR) is 110 cm³/mol. The number of hydrogen-bond acceptors (Lipinski definition) is 5. The summed E-state index contributed by atoms with van der Waals surface area (Å²) in [6, 6.07) is 7.86. The maximum Gasteiger partial charge on any atom is 0.223 e. The summed E-state index contributed by atoms with van der Waals surface area (Å²) in [4.78, 5) is 38.7. The molecule has 5 nitrogen and oxygen atoms in total. The van der Waals surface area contributed by atoms with Gasteiger partial charge in [-0.3, -0.25) is 14.9 Å². The van der Waals surface area contributed by atoms with Crippen LogP contribution < -0.4 is 5.32 Å². The van der Waals surface area contributed by atoms with Gasteiger partial charge < -0.3 is 9.69 Å². The van der Waals surface area contributed by atoms with Crippen LogP contribution in [0.3, 0.4) is 0 Å². The lowest BCUT2D eigenvalue weighted by atomic mass is 9.98. The van der Waals surface area contributed by atoms with E-state index in [0.717, 1.165) is 44.8 Å². The second kappa shape index (κ2) is 8.78. The van der Waals surface area contributed by atoms with E-state index in [2.05, 4.69) is 29.6 Å². The molecule has 2 saturated heterocycles. The van der Waals surface area contributed by atoms with E-state index in [1.165, 1.54) is 22.9 Å². The molecule has 0 bridgehead atoms. The minimum absolute atomic E-state index is 0.0455. The fraction of sp³-hybridized carbons (Fsp3) is 0.591. The number of nitrogens with one attached hydrogen (secondary N) is 1.